The van der Waals surface area contributed by atoms with E-state index in [2.05, 4.69) is 264 Å². The molecule has 0 aliphatic heterocycles. The van der Waals surface area contributed by atoms with Gasteiger partial charge in [-0.3, -0.25) is 0 Å². The molecule has 67 heavy (non-hydrogen) atoms. The standard InChI is InChI=1S/C62H53N3S2/c1-66(2,3)54-30-26-50(27-31-54)63(48-18-12-8-13-19-48)52-24-22-43-36-56-58-38-47(42-16-10-7-11-17-42)39-59-57-37-44-23-25-53(35-46(44)41-61(57)65(62(58)59)60(56)40-45(43)34-52)64(49-20-14-9-15-21-49)51-28-32-55(33-29-51)67(4,5)6/h7-41H,1-6H3. The number of anilines is 6. The van der Waals surface area contributed by atoms with Crippen molar-refractivity contribution in [3.05, 3.63) is 212 Å². The molecule has 0 N–H and O–H groups in total. The van der Waals surface area contributed by atoms with Crippen molar-refractivity contribution in [2.75, 3.05) is 47.3 Å². The predicted octanol–water partition coefficient (Wildman–Crippen LogP) is 17.9. The quantitative estimate of drug-likeness (QED) is 0.143. The van der Waals surface area contributed by atoms with Crippen molar-refractivity contribution in [1.29, 1.82) is 0 Å². The predicted molar refractivity (Wildman–Crippen MR) is 298 cm³/mol. The van der Waals surface area contributed by atoms with Gasteiger partial charge in [0.25, 0.3) is 0 Å². The summed E-state index contributed by atoms with van der Waals surface area (Å²) in [6.07, 6.45) is 14.1. The van der Waals surface area contributed by atoms with Crippen LogP contribution in [0.2, 0.25) is 0 Å². The van der Waals surface area contributed by atoms with E-state index in [-0.39, 0.29) is 0 Å². The zero-order valence-electron chi connectivity index (χ0n) is 38.9. The lowest BCUT2D eigenvalue weighted by Gasteiger charge is -2.29. The van der Waals surface area contributed by atoms with Gasteiger partial charge >= 0.3 is 0 Å². The maximum Gasteiger partial charge on any atom is 0.0620 e. The number of nitrogens with zero attached hydrogens (tertiary/aromatic N) is 3. The largest absolute Gasteiger partial charge is 0.310 e. The van der Waals surface area contributed by atoms with E-state index in [0.717, 1.165) is 34.1 Å². The molecule has 0 saturated carbocycles. The number of hydrogen-bond acceptors (Lipinski definition) is 2. The van der Waals surface area contributed by atoms with E-state index in [1.807, 2.05) is 0 Å². The first kappa shape index (κ1) is 41.3. The van der Waals surface area contributed by atoms with Gasteiger partial charge in [-0.25, -0.2) is 20.1 Å². The Bertz CT molecular complexity index is 3560. The van der Waals surface area contributed by atoms with Crippen LogP contribution in [-0.2, 0) is 0 Å². The van der Waals surface area contributed by atoms with Gasteiger partial charge in [-0.1, -0.05) is 78.9 Å². The van der Waals surface area contributed by atoms with Gasteiger partial charge < -0.3 is 14.2 Å². The van der Waals surface area contributed by atoms with Crippen LogP contribution in [0.4, 0.5) is 34.1 Å². The van der Waals surface area contributed by atoms with Crippen LogP contribution < -0.4 is 9.80 Å². The summed E-state index contributed by atoms with van der Waals surface area (Å²) >= 11 is 0. The fourth-order valence-corrected chi connectivity index (χ4v) is 12.0. The van der Waals surface area contributed by atoms with Crippen LogP contribution in [-0.4, -0.2) is 41.9 Å². The Labute approximate surface area is 396 Å². The summed E-state index contributed by atoms with van der Waals surface area (Å²) < 4.78 is 2.55. The maximum atomic E-state index is 2.55. The number of rotatable bonds is 9. The van der Waals surface area contributed by atoms with Crippen LogP contribution >= 0.6 is 20.1 Å². The summed E-state index contributed by atoms with van der Waals surface area (Å²) in [6.45, 7) is 0. The Morgan fingerprint density at radius 2 is 0.672 bits per heavy atom. The second kappa shape index (κ2) is 15.7. The molecule has 0 aliphatic rings. The van der Waals surface area contributed by atoms with E-state index >= 15 is 0 Å². The number of aromatic nitrogens is 1. The molecule has 2 heterocycles. The topological polar surface area (TPSA) is 10.9 Å². The molecule has 0 unspecified atom stereocenters. The molecule has 12 aromatic rings. The summed E-state index contributed by atoms with van der Waals surface area (Å²) in [5.74, 6) is 0. The molecule has 0 aliphatic carbocycles. The smallest absolute Gasteiger partial charge is 0.0620 e. The van der Waals surface area contributed by atoms with Gasteiger partial charge in [0.1, 0.15) is 0 Å². The summed E-state index contributed by atoms with van der Waals surface area (Å²) in [5.41, 5.74) is 13.0. The van der Waals surface area contributed by atoms with Gasteiger partial charge in [0.15, 0.2) is 0 Å². The summed E-state index contributed by atoms with van der Waals surface area (Å²) in [5, 5.41) is 9.96. The molecule has 0 bridgehead atoms. The van der Waals surface area contributed by atoms with Gasteiger partial charge in [0.05, 0.1) is 16.6 Å². The van der Waals surface area contributed by atoms with Crippen molar-refractivity contribution in [3.63, 3.8) is 0 Å². The highest BCUT2D eigenvalue weighted by molar-refractivity contribution is 8.32. The third kappa shape index (κ3) is 7.16. The molecule has 0 fully saturated rings. The van der Waals surface area contributed by atoms with E-state index in [9.17, 15) is 0 Å². The van der Waals surface area contributed by atoms with Gasteiger partial charge in [0, 0.05) is 55.7 Å². The molecule has 5 heteroatoms. The fraction of sp³-hybridized carbons (Fsp3) is 0.0968. The van der Waals surface area contributed by atoms with E-state index in [1.165, 1.54) is 80.6 Å². The average molecular weight is 904 g/mol. The minimum absolute atomic E-state index is 0.847. The van der Waals surface area contributed by atoms with Crippen LogP contribution in [0, 0.1) is 0 Å². The first-order valence-corrected chi connectivity index (χ1v) is 28.7. The zero-order chi connectivity index (χ0) is 45.6. The van der Waals surface area contributed by atoms with Crippen LogP contribution in [0.1, 0.15) is 0 Å². The van der Waals surface area contributed by atoms with E-state index < -0.39 is 20.1 Å². The van der Waals surface area contributed by atoms with Crippen molar-refractivity contribution in [2.24, 2.45) is 0 Å². The van der Waals surface area contributed by atoms with Crippen molar-refractivity contribution < 1.29 is 0 Å². The van der Waals surface area contributed by atoms with Crippen molar-refractivity contribution in [3.8, 4) is 11.1 Å². The van der Waals surface area contributed by atoms with Crippen LogP contribution in [0.15, 0.2) is 222 Å². The molecule has 3 nitrogen and oxygen atoms in total. The van der Waals surface area contributed by atoms with E-state index in [0.29, 0.717) is 0 Å². The second-order valence-corrected chi connectivity index (χ2v) is 27.7. The van der Waals surface area contributed by atoms with Crippen molar-refractivity contribution in [1.82, 2.24) is 4.40 Å². The number of benzene rings is 10. The van der Waals surface area contributed by atoms with E-state index in [1.54, 1.807) is 0 Å². The highest BCUT2D eigenvalue weighted by Gasteiger charge is 2.22. The molecule has 0 saturated heterocycles. The molecule has 0 amide bonds. The third-order valence-electron chi connectivity index (χ3n) is 13.5. The minimum Gasteiger partial charge on any atom is -0.310 e. The number of hydrogen-bond donors (Lipinski definition) is 0. The Hall–Kier alpha value is -7.18. The SMILES string of the molecule is CS(C)(C)c1ccc(N(c2ccccc2)c2ccc3cc4c5cc(-c6ccccc6)cc6c7cc8ccc(N(c9ccccc9)c9ccc(S(C)(C)C)cc9)cc8cc7n(c4cc3c2)c56)cc1. The Balaban J connectivity index is 1.08. The molecule has 0 atom stereocenters. The van der Waals surface area contributed by atoms with Crippen LogP contribution in [0.25, 0.3) is 70.8 Å². The first-order chi connectivity index (χ1) is 32.5. The molecular weight excluding hydrogens is 851 g/mol. The summed E-state index contributed by atoms with van der Waals surface area (Å²) in [4.78, 5) is 7.59. The molecule has 0 spiro atoms. The van der Waals surface area contributed by atoms with Gasteiger partial charge in [-0.2, -0.15) is 0 Å². The maximum absolute atomic E-state index is 2.55. The number of fused-ring (bicyclic) bond motifs is 8. The highest BCUT2D eigenvalue weighted by atomic mass is 32.3. The Morgan fingerprint density at radius 1 is 0.299 bits per heavy atom. The zero-order valence-corrected chi connectivity index (χ0v) is 40.5. The average Bonchev–Trinajstić information content (AvgIpc) is 3.83. The Morgan fingerprint density at radius 3 is 1.07 bits per heavy atom. The molecule has 328 valence electrons. The van der Waals surface area contributed by atoms with Gasteiger partial charge in [-0.05, 0) is 213 Å². The minimum atomic E-state index is -0.847. The van der Waals surface area contributed by atoms with Crippen LogP contribution in [0.5, 0.6) is 0 Å². The molecule has 12 rings (SSSR count). The Kier molecular flexibility index (Phi) is 9.69. The lowest BCUT2D eigenvalue weighted by Crippen LogP contribution is -2.10. The fourth-order valence-electron chi connectivity index (χ4n) is 10.1. The second-order valence-electron chi connectivity index (χ2n) is 19.4. The molecule has 0 radical (unpaired) electrons. The van der Waals surface area contributed by atoms with Crippen LogP contribution in [0.3, 0.4) is 0 Å². The van der Waals surface area contributed by atoms with E-state index in [4.69, 9.17) is 0 Å². The summed E-state index contributed by atoms with van der Waals surface area (Å²) in [7, 11) is -1.69. The molecule has 2 aromatic heterocycles. The lowest BCUT2D eigenvalue weighted by atomic mass is 9.97. The number of para-hydroxylation sites is 2. The third-order valence-corrected chi connectivity index (χ3v) is 16.9. The molecule has 10 aromatic carbocycles. The summed E-state index contributed by atoms with van der Waals surface area (Å²) in [6, 6.07) is 79.3. The van der Waals surface area contributed by atoms with Crippen molar-refractivity contribution in [2.45, 2.75) is 9.79 Å². The van der Waals surface area contributed by atoms with Crippen molar-refractivity contribution >= 4 is 114 Å². The monoisotopic (exact) mass is 903 g/mol. The highest BCUT2D eigenvalue weighted by Crippen LogP contribution is 2.49. The van der Waals surface area contributed by atoms with Gasteiger partial charge in [0.2, 0.25) is 0 Å². The molecular formula is C62H53N3S2. The normalized spacial score (nSPS) is 12.8. The van der Waals surface area contributed by atoms with Gasteiger partial charge in [-0.15, -0.1) is 0 Å². The first-order valence-electron chi connectivity index (χ1n) is 22.9. The lowest BCUT2D eigenvalue weighted by molar-refractivity contribution is 1.27.